The Morgan fingerprint density at radius 2 is 1.77 bits per heavy atom. The first kappa shape index (κ1) is 23.9. The summed E-state index contributed by atoms with van der Waals surface area (Å²) < 4.78 is 2.04. The molecule has 0 bridgehead atoms. The van der Waals surface area contributed by atoms with Gasteiger partial charge in [0.25, 0.3) is 5.91 Å². The molecule has 0 saturated carbocycles. The van der Waals surface area contributed by atoms with Crippen molar-refractivity contribution in [3.05, 3.63) is 74.5 Å². The fourth-order valence-corrected chi connectivity index (χ4v) is 4.44. The number of nitrogens with one attached hydrogen (secondary N) is 1. The van der Waals surface area contributed by atoms with Crippen molar-refractivity contribution in [2.24, 2.45) is 5.92 Å². The van der Waals surface area contributed by atoms with Crippen molar-refractivity contribution in [3.8, 4) is 0 Å². The molecule has 0 spiro atoms. The van der Waals surface area contributed by atoms with Crippen LogP contribution < -0.4 is 5.32 Å². The van der Waals surface area contributed by atoms with Crippen LogP contribution in [0.4, 0.5) is 0 Å². The van der Waals surface area contributed by atoms with Gasteiger partial charge >= 0.3 is 0 Å². The number of carbonyl (C=O) groups is 1. The van der Waals surface area contributed by atoms with E-state index in [0.29, 0.717) is 27.2 Å². The van der Waals surface area contributed by atoms with Crippen molar-refractivity contribution in [1.29, 1.82) is 0 Å². The van der Waals surface area contributed by atoms with Gasteiger partial charge in [-0.15, -0.1) is 10.2 Å². The zero-order valence-electron chi connectivity index (χ0n) is 17.4. The van der Waals surface area contributed by atoms with E-state index in [1.165, 1.54) is 0 Å². The number of amides is 1. The van der Waals surface area contributed by atoms with Gasteiger partial charge in [0.05, 0.1) is 16.1 Å². The summed E-state index contributed by atoms with van der Waals surface area (Å²) in [6, 6.07) is 12.3. The molecule has 9 heteroatoms. The van der Waals surface area contributed by atoms with Crippen molar-refractivity contribution in [3.63, 3.8) is 0 Å². The lowest BCUT2D eigenvalue weighted by molar-refractivity contribution is 0.0922. The highest BCUT2D eigenvalue weighted by molar-refractivity contribution is 7.98. The fourth-order valence-electron chi connectivity index (χ4n) is 3.05. The lowest BCUT2D eigenvalue weighted by atomic mass is 10.0. The quantitative estimate of drug-likeness (QED) is 0.353. The minimum Gasteiger partial charge on any atom is -0.342 e. The van der Waals surface area contributed by atoms with E-state index in [2.05, 4.69) is 15.5 Å². The fraction of sp³-hybridized carbons (Fsp3) is 0.318. The van der Waals surface area contributed by atoms with Crippen molar-refractivity contribution in [2.45, 2.75) is 44.3 Å². The van der Waals surface area contributed by atoms with Gasteiger partial charge in [-0.1, -0.05) is 72.5 Å². The molecule has 1 aromatic heterocycles. The van der Waals surface area contributed by atoms with Gasteiger partial charge in [0, 0.05) is 22.9 Å². The zero-order valence-corrected chi connectivity index (χ0v) is 20.5. The van der Waals surface area contributed by atoms with Crippen LogP contribution in [0, 0.1) is 5.92 Å². The number of aromatic nitrogens is 3. The highest BCUT2D eigenvalue weighted by Crippen LogP contribution is 2.28. The summed E-state index contributed by atoms with van der Waals surface area (Å²) in [5.74, 6) is 1.34. The van der Waals surface area contributed by atoms with Crippen molar-refractivity contribution in [1.82, 2.24) is 20.1 Å². The molecule has 1 amide bonds. The number of hydrogen-bond acceptors (Lipinski definition) is 4. The molecule has 164 valence electrons. The predicted octanol–water partition coefficient (Wildman–Crippen LogP) is 6.68. The minimum absolute atomic E-state index is 0.107. The Balaban J connectivity index is 1.79. The molecule has 3 aromatic rings. The predicted molar refractivity (Wildman–Crippen MR) is 128 cm³/mol. The highest BCUT2D eigenvalue weighted by Gasteiger charge is 2.26. The van der Waals surface area contributed by atoms with Gasteiger partial charge in [-0.25, -0.2) is 0 Å². The molecule has 0 unspecified atom stereocenters. The number of nitrogens with zero attached hydrogens (tertiary/aromatic N) is 3. The van der Waals surface area contributed by atoms with Crippen LogP contribution in [0.3, 0.4) is 0 Å². The molecule has 0 aliphatic rings. The topological polar surface area (TPSA) is 59.8 Å². The van der Waals surface area contributed by atoms with Crippen LogP contribution in [0.5, 0.6) is 0 Å². The Hall–Kier alpha value is -1.73. The maximum atomic E-state index is 12.9. The first-order chi connectivity index (χ1) is 14.8. The van der Waals surface area contributed by atoms with Gasteiger partial charge in [0.1, 0.15) is 0 Å². The molecule has 0 fully saturated rings. The first-order valence-corrected chi connectivity index (χ1v) is 12.0. The summed E-state index contributed by atoms with van der Waals surface area (Å²) in [4.78, 5) is 12.9. The third-order valence-corrected chi connectivity index (χ3v) is 6.79. The van der Waals surface area contributed by atoms with E-state index in [1.54, 1.807) is 30.0 Å². The molecule has 5 nitrogen and oxygen atoms in total. The van der Waals surface area contributed by atoms with Gasteiger partial charge in [-0.2, -0.15) is 0 Å². The number of carbonyl (C=O) groups excluding carboxylic acids is 1. The average molecular weight is 498 g/mol. The highest BCUT2D eigenvalue weighted by atomic mass is 35.5. The maximum Gasteiger partial charge on any atom is 0.251 e. The molecular weight excluding hydrogens is 475 g/mol. The van der Waals surface area contributed by atoms with Crippen molar-refractivity contribution >= 4 is 52.5 Å². The maximum absolute atomic E-state index is 12.9. The number of hydrogen-bond donors (Lipinski definition) is 1. The van der Waals surface area contributed by atoms with Crippen LogP contribution in [0.1, 0.15) is 48.6 Å². The second kappa shape index (κ2) is 10.7. The smallest absolute Gasteiger partial charge is 0.251 e. The van der Waals surface area contributed by atoms with Crippen LogP contribution in [0.25, 0.3) is 0 Å². The average Bonchev–Trinajstić information content (AvgIpc) is 3.15. The van der Waals surface area contributed by atoms with Crippen molar-refractivity contribution in [2.75, 3.05) is 0 Å². The van der Waals surface area contributed by atoms with E-state index in [-0.39, 0.29) is 17.9 Å². The molecule has 1 N–H and O–H groups in total. The molecule has 0 aliphatic carbocycles. The Kier molecular flexibility index (Phi) is 8.28. The van der Waals surface area contributed by atoms with E-state index in [9.17, 15) is 4.79 Å². The van der Waals surface area contributed by atoms with Gasteiger partial charge in [0.2, 0.25) is 0 Å². The molecule has 0 aliphatic heterocycles. The second-order valence-corrected chi connectivity index (χ2v) is 9.52. The van der Waals surface area contributed by atoms with Gasteiger partial charge in [-0.05, 0) is 48.7 Å². The summed E-state index contributed by atoms with van der Waals surface area (Å²) in [6.45, 7) is 6.80. The largest absolute Gasteiger partial charge is 0.342 e. The van der Waals surface area contributed by atoms with Crippen LogP contribution in [-0.4, -0.2) is 20.7 Å². The normalized spacial score (nSPS) is 12.2. The summed E-state index contributed by atoms with van der Waals surface area (Å²) in [7, 11) is 0. The molecule has 1 atom stereocenters. The van der Waals surface area contributed by atoms with Crippen molar-refractivity contribution < 1.29 is 4.79 Å². The number of thioether (sulfide) groups is 1. The number of rotatable bonds is 8. The van der Waals surface area contributed by atoms with Crippen LogP contribution in [-0.2, 0) is 12.3 Å². The summed E-state index contributed by atoms with van der Waals surface area (Å²) >= 11 is 19.6. The molecule has 1 heterocycles. The lowest BCUT2D eigenvalue weighted by Crippen LogP contribution is -2.33. The molecule has 3 rings (SSSR count). The van der Waals surface area contributed by atoms with E-state index in [1.807, 2.05) is 49.6 Å². The number of benzene rings is 2. The summed E-state index contributed by atoms with van der Waals surface area (Å²) in [5.41, 5.74) is 1.59. The molecule has 0 radical (unpaired) electrons. The molecule has 31 heavy (non-hydrogen) atoms. The minimum atomic E-state index is -0.306. The first-order valence-electron chi connectivity index (χ1n) is 9.86. The molecule has 2 aromatic carbocycles. The summed E-state index contributed by atoms with van der Waals surface area (Å²) in [5, 5.41) is 14.2. The summed E-state index contributed by atoms with van der Waals surface area (Å²) in [6.07, 6.45) is 0. The van der Waals surface area contributed by atoms with E-state index >= 15 is 0 Å². The molecular formula is C22H23Cl3N4OS. The monoisotopic (exact) mass is 496 g/mol. The van der Waals surface area contributed by atoms with E-state index < -0.39 is 0 Å². The van der Waals surface area contributed by atoms with Crippen LogP contribution >= 0.6 is 46.6 Å². The van der Waals surface area contributed by atoms with Crippen LogP contribution in [0.2, 0.25) is 15.1 Å². The second-order valence-electron chi connectivity index (χ2n) is 7.32. The third-order valence-electron chi connectivity index (χ3n) is 4.76. The SMILES string of the molecule is CCn1c(SCc2ccc(Cl)cc2)nnc1[C@H](NC(=O)c1ccc(Cl)c(Cl)c1)C(C)C. The Morgan fingerprint density at radius 3 is 2.39 bits per heavy atom. The van der Waals surface area contributed by atoms with Gasteiger partial charge in [0.15, 0.2) is 11.0 Å². The van der Waals surface area contributed by atoms with Crippen LogP contribution in [0.15, 0.2) is 47.6 Å². The Morgan fingerprint density at radius 1 is 1.06 bits per heavy atom. The van der Waals surface area contributed by atoms with Gasteiger partial charge in [-0.3, -0.25) is 4.79 Å². The third kappa shape index (κ3) is 5.95. The number of halogens is 3. The van der Waals surface area contributed by atoms with E-state index in [0.717, 1.165) is 22.3 Å². The Bertz CT molecular complexity index is 1050. The molecule has 0 saturated heterocycles. The lowest BCUT2D eigenvalue weighted by Gasteiger charge is -2.22. The zero-order chi connectivity index (χ0) is 22.5. The van der Waals surface area contributed by atoms with E-state index in [4.69, 9.17) is 34.8 Å². The Labute approximate surface area is 201 Å². The standard InChI is InChI=1S/C22H23Cl3N4OS/c1-4-29-20(27-28-22(29)31-12-14-5-8-16(23)9-6-14)19(13(2)3)26-21(30)15-7-10-17(24)18(25)11-15/h5-11,13,19H,4,12H2,1-3H3,(H,26,30)/t19-/m1/s1. The van der Waals surface area contributed by atoms with Gasteiger partial charge < -0.3 is 9.88 Å².